The van der Waals surface area contributed by atoms with Gasteiger partial charge in [-0.1, -0.05) is 66.1 Å². The van der Waals surface area contributed by atoms with Crippen LogP contribution in [0.3, 0.4) is 0 Å². The second-order valence-electron chi connectivity index (χ2n) is 7.26. The lowest BCUT2D eigenvalue weighted by Gasteiger charge is -2.18. The van der Waals surface area contributed by atoms with Gasteiger partial charge in [0, 0.05) is 11.8 Å². The van der Waals surface area contributed by atoms with Crippen LogP contribution in [0, 0.1) is 22.7 Å². The highest BCUT2D eigenvalue weighted by atomic mass is 32.2. The molecule has 3 heteroatoms. The summed E-state index contributed by atoms with van der Waals surface area (Å²) in [4.78, 5) is 4.70. The summed E-state index contributed by atoms with van der Waals surface area (Å²) in [5.41, 5.74) is 0.942. The van der Waals surface area contributed by atoms with Crippen molar-refractivity contribution >= 4 is 16.9 Å². The predicted octanol–water partition coefficient (Wildman–Crippen LogP) is 4.17. The summed E-state index contributed by atoms with van der Waals surface area (Å²) in [6, 6.07) is 0. The van der Waals surface area contributed by atoms with Gasteiger partial charge in [0.2, 0.25) is 0 Å². The van der Waals surface area contributed by atoms with Crippen molar-refractivity contribution in [2.24, 2.45) is 27.7 Å². The number of hydrogen-bond acceptors (Lipinski definition) is 3. The maximum Gasteiger partial charge on any atom is 0.156 e. The first-order chi connectivity index (χ1) is 8.84. The molecule has 1 aliphatic heterocycles. The Labute approximate surface area is 123 Å². The van der Waals surface area contributed by atoms with Crippen LogP contribution in [0.15, 0.2) is 4.99 Å². The minimum absolute atomic E-state index is 0.471. The topological polar surface area (TPSA) is 24.4 Å². The van der Waals surface area contributed by atoms with Crippen molar-refractivity contribution in [3.63, 3.8) is 0 Å². The first-order valence-corrected chi connectivity index (χ1v) is 8.67. The van der Waals surface area contributed by atoms with Crippen LogP contribution >= 0.6 is 11.8 Å². The SMILES string of the molecule is CCC(CC)C1CN=C(NCC2C(C)(C)C2(C)C)S1. The highest BCUT2D eigenvalue weighted by molar-refractivity contribution is 8.14. The molecule has 1 aliphatic carbocycles. The fourth-order valence-corrected chi connectivity index (χ4v) is 4.91. The molecule has 1 heterocycles. The molecule has 0 amide bonds. The van der Waals surface area contributed by atoms with Crippen molar-refractivity contribution in [2.75, 3.05) is 13.1 Å². The second-order valence-corrected chi connectivity index (χ2v) is 8.48. The number of amidine groups is 1. The average molecular weight is 282 g/mol. The van der Waals surface area contributed by atoms with Gasteiger partial charge >= 0.3 is 0 Å². The van der Waals surface area contributed by atoms with Gasteiger partial charge in [-0.15, -0.1) is 0 Å². The number of nitrogens with one attached hydrogen (secondary N) is 1. The number of aliphatic imine (C=N–C) groups is 1. The van der Waals surface area contributed by atoms with E-state index in [0.29, 0.717) is 16.1 Å². The van der Waals surface area contributed by atoms with Gasteiger partial charge in [-0.25, -0.2) is 0 Å². The zero-order chi connectivity index (χ0) is 14.3. The van der Waals surface area contributed by atoms with E-state index in [0.717, 1.165) is 24.9 Å². The van der Waals surface area contributed by atoms with Crippen LogP contribution in [-0.4, -0.2) is 23.5 Å². The van der Waals surface area contributed by atoms with Crippen molar-refractivity contribution in [2.45, 2.75) is 59.6 Å². The molecule has 1 saturated carbocycles. The van der Waals surface area contributed by atoms with Crippen LogP contribution in [0.2, 0.25) is 0 Å². The molecule has 2 rings (SSSR count). The van der Waals surface area contributed by atoms with Gasteiger partial charge in [0.05, 0.1) is 6.54 Å². The van der Waals surface area contributed by atoms with Crippen LogP contribution in [-0.2, 0) is 0 Å². The van der Waals surface area contributed by atoms with Gasteiger partial charge in [0.15, 0.2) is 5.17 Å². The highest BCUT2D eigenvalue weighted by Gasteiger charge is 2.64. The zero-order valence-corrected chi connectivity index (χ0v) is 14.2. The smallest absolute Gasteiger partial charge is 0.156 e. The van der Waals surface area contributed by atoms with Crippen molar-refractivity contribution in [3.8, 4) is 0 Å². The molecule has 1 fully saturated rings. The number of nitrogens with zero attached hydrogens (tertiary/aromatic N) is 1. The van der Waals surface area contributed by atoms with Crippen LogP contribution in [0.25, 0.3) is 0 Å². The van der Waals surface area contributed by atoms with E-state index < -0.39 is 0 Å². The summed E-state index contributed by atoms with van der Waals surface area (Å²) in [7, 11) is 0. The Hall–Kier alpha value is -0.180. The molecule has 0 spiro atoms. The molecular weight excluding hydrogens is 252 g/mol. The summed E-state index contributed by atoms with van der Waals surface area (Å²) in [5.74, 6) is 1.59. The van der Waals surface area contributed by atoms with Gasteiger partial charge in [0.25, 0.3) is 0 Å². The normalized spacial score (nSPS) is 28.6. The molecule has 2 aliphatic rings. The second kappa shape index (κ2) is 5.31. The average Bonchev–Trinajstić information content (AvgIpc) is 2.72. The Kier molecular flexibility index (Phi) is 4.25. The summed E-state index contributed by atoms with van der Waals surface area (Å²) < 4.78 is 0. The van der Waals surface area contributed by atoms with E-state index in [2.05, 4.69) is 46.9 Å². The Morgan fingerprint density at radius 1 is 1.21 bits per heavy atom. The van der Waals surface area contributed by atoms with Crippen LogP contribution in [0.4, 0.5) is 0 Å². The third-order valence-electron chi connectivity index (χ3n) is 6.03. The molecule has 0 aromatic carbocycles. The number of thioether (sulfide) groups is 1. The lowest BCUT2D eigenvalue weighted by Crippen LogP contribution is -2.25. The predicted molar refractivity (Wildman–Crippen MR) is 86.8 cm³/mol. The molecule has 0 radical (unpaired) electrons. The summed E-state index contributed by atoms with van der Waals surface area (Å²) in [6.45, 7) is 16.2. The first kappa shape index (κ1) is 15.2. The number of hydrogen-bond donors (Lipinski definition) is 1. The molecule has 2 nitrogen and oxygen atoms in total. The Morgan fingerprint density at radius 2 is 1.79 bits per heavy atom. The van der Waals surface area contributed by atoms with E-state index in [1.807, 2.05) is 11.8 Å². The van der Waals surface area contributed by atoms with Gasteiger partial charge in [0.1, 0.15) is 0 Å². The summed E-state index contributed by atoms with van der Waals surface area (Å²) >= 11 is 1.98. The van der Waals surface area contributed by atoms with Crippen LogP contribution in [0.5, 0.6) is 0 Å². The van der Waals surface area contributed by atoms with Crippen molar-refractivity contribution in [1.82, 2.24) is 5.32 Å². The van der Waals surface area contributed by atoms with Crippen LogP contribution < -0.4 is 5.32 Å². The number of rotatable bonds is 5. The third-order valence-corrected chi connectivity index (χ3v) is 7.36. The lowest BCUT2D eigenvalue weighted by molar-refractivity contribution is 0.457. The zero-order valence-electron chi connectivity index (χ0n) is 13.4. The van der Waals surface area contributed by atoms with E-state index in [1.54, 1.807) is 0 Å². The lowest BCUT2D eigenvalue weighted by atomic mass is 9.99. The highest BCUT2D eigenvalue weighted by Crippen LogP contribution is 2.67. The molecule has 1 atom stereocenters. The van der Waals surface area contributed by atoms with Crippen LogP contribution in [0.1, 0.15) is 54.4 Å². The Balaban J connectivity index is 1.78. The quantitative estimate of drug-likeness (QED) is 0.818. The summed E-state index contributed by atoms with van der Waals surface area (Å²) in [5, 5.41) is 5.50. The standard InChI is InChI=1S/C16H30N2S/c1-7-11(8-2)12-9-17-14(19-12)18-10-13-15(3,4)16(13,5)6/h11-13H,7-10H2,1-6H3,(H,17,18). The van der Waals surface area contributed by atoms with Gasteiger partial charge in [-0.3, -0.25) is 4.99 Å². The molecule has 0 saturated heterocycles. The Bertz CT molecular complexity index is 342. The monoisotopic (exact) mass is 282 g/mol. The third kappa shape index (κ3) is 2.68. The Morgan fingerprint density at radius 3 is 2.26 bits per heavy atom. The van der Waals surface area contributed by atoms with Gasteiger partial charge in [-0.05, 0) is 22.7 Å². The van der Waals surface area contributed by atoms with Crippen molar-refractivity contribution < 1.29 is 0 Å². The minimum Gasteiger partial charge on any atom is -0.365 e. The van der Waals surface area contributed by atoms with Crippen molar-refractivity contribution in [1.29, 1.82) is 0 Å². The maximum atomic E-state index is 4.70. The molecule has 0 aromatic heterocycles. The fourth-order valence-electron chi connectivity index (χ4n) is 3.58. The van der Waals surface area contributed by atoms with E-state index in [1.165, 1.54) is 18.0 Å². The first-order valence-electron chi connectivity index (χ1n) is 7.79. The molecule has 19 heavy (non-hydrogen) atoms. The maximum absolute atomic E-state index is 4.70. The van der Waals surface area contributed by atoms with E-state index in [9.17, 15) is 0 Å². The minimum atomic E-state index is 0.471. The largest absolute Gasteiger partial charge is 0.365 e. The van der Waals surface area contributed by atoms with Gasteiger partial charge in [-0.2, -0.15) is 0 Å². The van der Waals surface area contributed by atoms with E-state index in [4.69, 9.17) is 4.99 Å². The van der Waals surface area contributed by atoms with Gasteiger partial charge < -0.3 is 5.32 Å². The molecule has 0 aromatic rings. The van der Waals surface area contributed by atoms with E-state index >= 15 is 0 Å². The molecule has 1 N–H and O–H groups in total. The fraction of sp³-hybridized carbons (Fsp3) is 0.938. The van der Waals surface area contributed by atoms with Crippen molar-refractivity contribution in [3.05, 3.63) is 0 Å². The molecular formula is C16H30N2S. The molecule has 0 bridgehead atoms. The van der Waals surface area contributed by atoms with E-state index in [-0.39, 0.29) is 0 Å². The molecule has 1 unspecified atom stereocenters. The molecule has 110 valence electrons. The summed E-state index contributed by atoms with van der Waals surface area (Å²) in [6.07, 6.45) is 2.55.